The van der Waals surface area contributed by atoms with E-state index >= 15 is 0 Å². The number of hydrogen-bond donors (Lipinski definition) is 0. The minimum atomic E-state index is 0.0906. The van der Waals surface area contributed by atoms with Gasteiger partial charge in [0.25, 0.3) is 0 Å². The smallest absolute Gasteiger partial charge is 0.168 e. The summed E-state index contributed by atoms with van der Waals surface area (Å²) < 4.78 is 0.970. The molecule has 5 heteroatoms. The molecule has 0 aliphatic heterocycles. The van der Waals surface area contributed by atoms with E-state index in [0.717, 1.165) is 19.8 Å². The Bertz CT molecular complexity index is 607. The van der Waals surface area contributed by atoms with Crippen LogP contribution in [0.25, 0.3) is 0 Å². The molecule has 0 amide bonds. The first-order valence-corrected chi connectivity index (χ1v) is 7.57. The van der Waals surface area contributed by atoms with Gasteiger partial charge in [-0.05, 0) is 46.6 Å². The lowest BCUT2D eigenvalue weighted by molar-refractivity contribution is 0.0993. The van der Waals surface area contributed by atoms with E-state index in [9.17, 15) is 4.79 Å². The Morgan fingerprint density at radius 3 is 2.56 bits per heavy atom. The van der Waals surface area contributed by atoms with Crippen LogP contribution in [0.2, 0.25) is 10.0 Å². The zero-order valence-corrected chi connectivity index (χ0v) is 13.4. The van der Waals surface area contributed by atoms with Crippen molar-refractivity contribution in [2.24, 2.45) is 0 Å². The van der Waals surface area contributed by atoms with E-state index < -0.39 is 0 Å². The van der Waals surface area contributed by atoms with Gasteiger partial charge in [0.05, 0.1) is 13.8 Å². The summed E-state index contributed by atoms with van der Waals surface area (Å²) in [4.78, 5) is 13.2. The van der Waals surface area contributed by atoms with E-state index in [1.165, 1.54) is 0 Å². The number of thiophene rings is 1. The highest BCUT2D eigenvalue weighted by molar-refractivity contribution is 9.11. The summed E-state index contributed by atoms with van der Waals surface area (Å²) in [7, 11) is 0. The largest absolute Gasteiger partial charge is 0.294 e. The molecular formula is C13H9BrCl2OS. The molecular weight excluding hydrogens is 355 g/mol. The lowest BCUT2D eigenvalue weighted by Crippen LogP contribution is -2.03. The molecule has 0 unspecified atom stereocenters. The first-order chi connectivity index (χ1) is 8.47. The van der Waals surface area contributed by atoms with Gasteiger partial charge in [0.1, 0.15) is 0 Å². The number of carbonyl (C=O) groups excluding carboxylic acids is 1. The molecule has 2 aromatic rings. The molecule has 18 heavy (non-hydrogen) atoms. The van der Waals surface area contributed by atoms with Crippen molar-refractivity contribution in [3.8, 4) is 0 Å². The zero-order chi connectivity index (χ0) is 13.3. The fraction of sp³-hybridized carbons (Fsp3) is 0.154. The number of benzene rings is 1. The summed E-state index contributed by atoms with van der Waals surface area (Å²) in [6.07, 6.45) is 0.334. The third-order valence-electron chi connectivity index (χ3n) is 2.54. The van der Waals surface area contributed by atoms with E-state index in [4.69, 9.17) is 23.2 Å². The summed E-state index contributed by atoms with van der Waals surface area (Å²) in [5, 5.41) is 0.979. The summed E-state index contributed by atoms with van der Waals surface area (Å²) in [5.74, 6) is 0.0906. The number of halogens is 3. The average Bonchev–Trinajstić information content (AvgIpc) is 2.63. The molecule has 0 N–H and O–H groups in total. The quantitative estimate of drug-likeness (QED) is 0.653. The maximum atomic E-state index is 12.2. The minimum Gasteiger partial charge on any atom is -0.294 e. The van der Waals surface area contributed by atoms with Crippen molar-refractivity contribution in [2.75, 3.05) is 0 Å². The van der Waals surface area contributed by atoms with Gasteiger partial charge in [0.2, 0.25) is 0 Å². The van der Waals surface area contributed by atoms with Crippen LogP contribution in [-0.2, 0) is 6.42 Å². The number of ketones is 1. The number of Topliss-reactive ketones (excluding diaryl/α,β-unsaturated/α-hetero) is 1. The predicted octanol–water partition coefficient (Wildman–Crippen LogP) is 5.55. The minimum absolute atomic E-state index is 0.0906. The molecule has 0 saturated carbocycles. The lowest BCUT2D eigenvalue weighted by Gasteiger charge is -2.02. The maximum Gasteiger partial charge on any atom is 0.168 e. The molecule has 0 aliphatic carbocycles. The molecule has 0 spiro atoms. The highest BCUT2D eigenvalue weighted by Crippen LogP contribution is 2.28. The summed E-state index contributed by atoms with van der Waals surface area (Å²) in [6.45, 7) is 1.94. The second-order valence-electron chi connectivity index (χ2n) is 3.87. The van der Waals surface area contributed by atoms with Crippen LogP contribution in [0, 0.1) is 6.92 Å². The number of carbonyl (C=O) groups is 1. The molecule has 1 aromatic heterocycles. The molecule has 1 aromatic carbocycles. The zero-order valence-electron chi connectivity index (χ0n) is 9.47. The van der Waals surface area contributed by atoms with Crippen molar-refractivity contribution in [2.45, 2.75) is 13.3 Å². The Balaban J connectivity index is 2.21. The molecule has 0 fully saturated rings. The average molecular weight is 364 g/mol. The second-order valence-corrected chi connectivity index (χ2v) is 7.32. The van der Waals surface area contributed by atoms with Gasteiger partial charge < -0.3 is 0 Å². The third kappa shape index (κ3) is 3.15. The number of rotatable bonds is 3. The van der Waals surface area contributed by atoms with Gasteiger partial charge in [-0.2, -0.15) is 0 Å². The maximum absolute atomic E-state index is 12.2. The third-order valence-corrected chi connectivity index (χ3v) is 4.83. The first-order valence-electron chi connectivity index (χ1n) is 5.20. The van der Waals surface area contributed by atoms with E-state index in [-0.39, 0.29) is 5.78 Å². The van der Waals surface area contributed by atoms with Crippen LogP contribution in [0.3, 0.4) is 0 Å². The molecule has 0 radical (unpaired) electrons. The Hall–Kier alpha value is -0.350. The van der Waals surface area contributed by atoms with Gasteiger partial charge in [-0.3, -0.25) is 4.79 Å². The standard InChI is InChI=1S/C13H9BrCl2OS/c1-7-9(6-13(14)18-7)12(17)5-8-2-3-10(15)11(16)4-8/h2-4,6H,5H2,1H3. The first kappa shape index (κ1) is 14.1. The van der Waals surface area contributed by atoms with E-state index in [1.807, 2.05) is 19.1 Å². The van der Waals surface area contributed by atoms with Gasteiger partial charge in [-0.1, -0.05) is 29.3 Å². The molecule has 0 bridgehead atoms. The van der Waals surface area contributed by atoms with Crippen LogP contribution in [-0.4, -0.2) is 5.78 Å². The fourth-order valence-electron chi connectivity index (χ4n) is 1.65. The Labute approximate surface area is 128 Å². The van der Waals surface area contributed by atoms with Crippen molar-refractivity contribution >= 4 is 56.3 Å². The summed E-state index contributed by atoms with van der Waals surface area (Å²) >= 11 is 16.7. The number of aryl methyl sites for hydroxylation is 1. The molecule has 2 rings (SSSR count). The Morgan fingerprint density at radius 1 is 1.28 bits per heavy atom. The van der Waals surface area contributed by atoms with E-state index in [0.29, 0.717) is 16.5 Å². The number of hydrogen-bond acceptors (Lipinski definition) is 2. The Morgan fingerprint density at radius 2 is 2.00 bits per heavy atom. The van der Waals surface area contributed by atoms with Gasteiger partial charge in [0, 0.05) is 16.9 Å². The molecule has 1 heterocycles. The molecule has 94 valence electrons. The van der Waals surface area contributed by atoms with Crippen LogP contribution >= 0.6 is 50.5 Å². The van der Waals surface area contributed by atoms with Gasteiger partial charge in [-0.25, -0.2) is 0 Å². The topological polar surface area (TPSA) is 17.1 Å². The molecule has 0 atom stereocenters. The second kappa shape index (κ2) is 5.74. The monoisotopic (exact) mass is 362 g/mol. The van der Waals surface area contributed by atoms with Crippen molar-refractivity contribution < 1.29 is 4.79 Å². The van der Waals surface area contributed by atoms with Crippen LogP contribution < -0.4 is 0 Å². The molecule has 1 nitrogen and oxygen atoms in total. The van der Waals surface area contributed by atoms with Gasteiger partial charge in [-0.15, -0.1) is 11.3 Å². The SMILES string of the molecule is Cc1sc(Br)cc1C(=O)Cc1ccc(Cl)c(Cl)c1. The van der Waals surface area contributed by atoms with Crippen molar-refractivity contribution in [1.29, 1.82) is 0 Å². The van der Waals surface area contributed by atoms with Crippen LogP contribution in [0.5, 0.6) is 0 Å². The van der Waals surface area contributed by atoms with Gasteiger partial charge >= 0.3 is 0 Å². The fourth-order valence-corrected chi connectivity index (χ4v) is 3.68. The van der Waals surface area contributed by atoms with E-state index in [2.05, 4.69) is 15.9 Å². The highest BCUT2D eigenvalue weighted by Gasteiger charge is 2.13. The molecule has 0 saturated heterocycles. The molecule has 0 aliphatic rings. The lowest BCUT2D eigenvalue weighted by atomic mass is 10.0. The van der Waals surface area contributed by atoms with Crippen LogP contribution in [0.4, 0.5) is 0 Å². The normalized spacial score (nSPS) is 10.7. The summed E-state index contributed by atoms with van der Waals surface area (Å²) in [6, 6.07) is 7.13. The predicted molar refractivity (Wildman–Crippen MR) is 81.3 cm³/mol. The Kier molecular flexibility index (Phi) is 4.49. The van der Waals surface area contributed by atoms with Crippen molar-refractivity contribution in [3.63, 3.8) is 0 Å². The van der Waals surface area contributed by atoms with Gasteiger partial charge in [0.15, 0.2) is 5.78 Å². The van der Waals surface area contributed by atoms with E-state index in [1.54, 1.807) is 23.5 Å². The highest BCUT2D eigenvalue weighted by atomic mass is 79.9. The van der Waals surface area contributed by atoms with Crippen LogP contribution in [0.15, 0.2) is 28.1 Å². The van der Waals surface area contributed by atoms with Crippen LogP contribution in [0.1, 0.15) is 20.8 Å². The van der Waals surface area contributed by atoms with Crippen molar-refractivity contribution in [3.05, 3.63) is 54.1 Å². The summed E-state index contributed by atoms with van der Waals surface area (Å²) in [5.41, 5.74) is 1.63. The van der Waals surface area contributed by atoms with Crippen molar-refractivity contribution in [1.82, 2.24) is 0 Å².